The predicted molar refractivity (Wildman–Crippen MR) is 73.2 cm³/mol. The topological polar surface area (TPSA) is 138 Å². The highest BCUT2D eigenvalue weighted by Gasteiger charge is 2.21. The zero-order valence-corrected chi connectivity index (χ0v) is 11.8. The van der Waals surface area contributed by atoms with Crippen LogP contribution >= 0.6 is 12.6 Å². The fourth-order valence-corrected chi connectivity index (χ4v) is 1.48. The van der Waals surface area contributed by atoms with E-state index >= 15 is 0 Å². The molecule has 0 bridgehead atoms. The molecule has 0 radical (unpaired) electrons. The summed E-state index contributed by atoms with van der Waals surface area (Å²) in [5, 5.41) is 17.9. The van der Waals surface area contributed by atoms with Crippen molar-refractivity contribution in [2.75, 3.05) is 11.2 Å². The SMILES string of the molecule is O=C(CS)Oc1nc(NO)nc(-[n+]2cccc(C(=O)O)c2)n1. The van der Waals surface area contributed by atoms with Gasteiger partial charge in [0.2, 0.25) is 0 Å². The molecular formula is C11H10N5O5S+. The Labute approximate surface area is 128 Å². The monoisotopic (exact) mass is 324 g/mol. The number of nitrogens with zero attached hydrogens (tertiary/aromatic N) is 4. The van der Waals surface area contributed by atoms with Gasteiger partial charge in [-0.15, -0.1) is 4.98 Å². The first-order valence-corrected chi connectivity index (χ1v) is 6.39. The fourth-order valence-electron chi connectivity index (χ4n) is 1.42. The maximum Gasteiger partial charge on any atom is 0.446 e. The van der Waals surface area contributed by atoms with Crippen LogP contribution in [0, 0.1) is 0 Å². The van der Waals surface area contributed by atoms with Gasteiger partial charge in [-0.2, -0.15) is 12.6 Å². The number of esters is 1. The lowest BCUT2D eigenvalue weighted by molar-refractivity contribution is -0.603. The van der Waals surface area contributed by atoms with Gasteiger partial charge in [-0.1, -0.05) is 0 Å². The molecule has 0 saturated heterocycles. The van der Waals surface area contributed by atoms with Crippen molar-refractivity contribution in [1.29, 1.82) is 0 Å². The van der Waals surface area contributed by atoms with Gasteiger partial charge >= 0.3 is 29.8 Å². The number of anilines is 1. The molecule has 0 saturated carbocycles. The molecule has 2 heterocycles. The van der Waals surface area contributed by atoms with E-state index < -0.39 is 11.9 Å². The first-order valence-electron chi connectivity index (χ1n) is 5.76. The smallest absolute Gasteiger partial charge is 0.446 e. The number of hydrogen-bond acceptors (Lipinski definition) is 9. The Morgan fingerprint density at radius 2 is 2.14 bits per heavy atom. The van der Waals surface area contributed by atoms with Crippen LogP contribution in [-0.4, -0.2) is 43.0 Å². The summed E-state index contributed by atoms with van der Waals surface area (Å²) in [6.45, 7) is 0. The van der Waals surface area contributed by atoms with Crippen molar-refractivity contribution >= 4 is 30.5 Å². The zero-order chi connectivity index (χ0) is 16.1. The summed E-state index contributed by atoms with van der Waals surface area (Å²) in [7, 11) is 0. The van der Waals surface area contributed by atoms with E-state index in [1.54, 1.807) is 5.48 Å². The van der Waals surface area contributed by atoms with E-state index in [2.05, 4.69) is 27.6 Å². The summed E-state index contributed by atoms with van der Waals surface area (Å²) < 4.78 is 6.06. The zero-order valence-electron chi connectivity index (χ0n) is 10.9. The van der Waals surface area contributed by atoms with Crippen molar-refractivity contribution in [2.45, 2.75) is 0 Å². The molecule has 0 aromatic carbocycles. The molecule has 114 valence electrons. The molecule has 0 atom stereocenters. The molecule has 2 aromatic heterocycles. The van der Waals surface area contributed by atoms with Crippen molar-refractivity contribution in [3.8, 4) is 12.0 Å². The van der Waals surface area contributed by atoms with Crippen LogP contribution in [0.25, 0.3) is 5.95 Å². The Bertz CT molecular complexity index is 726. The molecular weight excluding hydrogens is 314 g/mol. The molecule has 0 aliphatic rings. The first-order chi connectivity index (χ1) is 10.5. The second-order valence-corrected chi connectivity index (χ2v) is 4.11. The Morgan fingerprint density at radius 3 is 2.77 bits per heavy atom. The van der Waals surface area contributed by atoms with E-state index in [0.717, 1.165) is 0 Å². The van der Waals surface area contributed by atoms with Crippen LogP contribution in [0.4, 0.5) is 5.95 Å². The standard InChI is InChI=1S/C11H9N5O5S/c17-7(5-22)21-11-13-9(15-20)12-10(14-11)16-3-1-2-6(4-16)8(18)19/h1-4H,5H2,(H3-,12,13,14,15,18,19,20,22)/p+1. The minimum Gasteiger partial charge on any atom is -0.478 e. The molecule has 2 rings (SSSR count). The summed E-state index contributed by atoms with van der Waals surface area (Å²) in [5.41, 5.74) is 1.70. The van der Waals surface area contributed by atoms with Gasteiger partial charge in [0.15, 0.2) is 0 Å². The molecule has 22 heavy (non-hydrogen) atoms. The number of rotatable bonds is 5. The molecule has 0 spiro atoms. The number of ether oxygens (including phenoxy) is 1. The van der Waals surface area contributed by atoms with E-state index in [0.29, 0.717) is 0 Å². The Kier molecular flexibility index (Phi) is 4.80. The number of nitrogens with one attached hydrogen (secondary N) is 1. The van der Waals surface area contributed by atoms with Gasteiger partial charge in [0.1, 0.15) is 0 Å². The number of aromatic nitrogens is 4. The van der Waals surface area contributed by atoms with E-state index in [4.69, 9.17) is 15.1 Å². The highest BCUT2D eigenvalue weighted by molar-refractivity contribution is 7.81. The van der Waals surface area contributed by atoms with Crippen LogP contribution in [0.5, 0.6) is 6.01 Å². The second-order valence-electron chi connectivity index (χ2n) is 3.79. The van der Waals surface area contributed by atoms with Gasteiger partial charge in [0.25, 0.3) is 0 Å². The van der Waals surface area contributed by atoms with Gasteiger partial charge in [-0.25, -0.2) is 14.8 Å². The van der Waals surface area contributed by atoms with Crippen LogP contribution in [0.15, 0.2) is 24.5 Å². The third-order valence-corrected chi connectivity index (χ3v) is 2.57. The lowest BCUT2D eigenvalue weighted by atomic mass is 10.3. The molecule has 0 unspecified atom stereocenters. The van der Waals surface area contributed by atoms with Crippen molar-refractivity contribution < 1.29 is 29.2 Å². The van der Waals surface area contributed by atoms with Crippen LogP contribution < -0.4 is 14.8 Å². The van der Waals surface area contributed by atoms with Gasteiger partial charge in [0.05, 0.1) is 23.7 Å². The van der Waals surface area contributed by atoms with Crippen LogP contribution in [-0.2, 0) is 4.79 Å². The Morgan fingerprint density at radius 1 is 1.36 bits per heavy atom. The Balaban J connectivity index is 2.45. The van der Waals surface area contributed by atoms with E-state index in [9.17, 15) is 9.59 Å². The van der Waals surface area contributed by atoms with Crippen LogP contribution in [0.3, 0.4) is 0 Å². The Hall–Kier alpha value is -2.79. The molecule has 10 nitrogen and oxygen atoms in total. The third kappa shape index (κ3) is 3.65. The highest BCUT2D eigenvalue weighted by Crippen LogP contribution is 2.08. The predicted octanol–water partition coefficient (Wildman–Crippen LogP) is -0.517. The lowest BCUT2D eigenvalue weighted by Gasteiger charge is -2.01. The van der Waals surface area contributed by atoms with Gasteiger partial charge < -0.3 is 9.84 Å². The summed E-state index contributed by atoms with van der Waals surface area (Å²) in [4.78, 5) is 33.5. The van der Waals surface area contributed by atoms with Crippen LogP contribution in [0.2, 0.25) is 0 Å². The van der Waals surface area contributed by atoms with Gasteiger partial charge in [0, 0.05) is 0 Å². The molecule has 0 amide bonds. The normalized spacial score (nSPS) is 10.1. The molecule has 11 heteroatoms. The van der Waals surface area contributed by atoms with E-state index in [1.807, 2.05) is 0 Å². The molecule has 2 aromatic rings. The molecule has 3 N–H and O–H groups in total. The van der Waals surface area contributed by atoms with Crippen molar-refractivity contribution in [2.24, 2.45) is 0 Å². The molecule has 0 fully saturated rings. The minimum absolute atomic E-state index is 0.00433. The number of carbonyl (C=O) groups excluding carboxylic acids is 1. The van der Waals surface area contributed by atoms with E-state index in [1.165, 1.54) is 29.1 Å². The first kappa shape index (κ1) is 15.6. The molecule has 0 aliphatic carbocycles. The number of carboxylic acids is 1. The second kappa shape index (κ2) is 6.78. The average Bonchev–Trinajstić information content (AvgIpc) is 2.54. The number of carbonyl (C=O) groups is 2. The number of thiol groups is 1. The largest absolute Gasteiger partial charge is 0.478 e. The summed E-state index contributed by atoms with van der Waals surface area (Å²) in [5.74, 6) is -2.36. The number of pyridine rings is 1. The molecule has 0 aliphatic heterocycles. The number of hydrogen-bond donors (Lipinski definition) is 4. The highest BCUT2D eigenvalue weighted by atomic mass is 32.1. The summed E-state index contributed by atoms with van der Waals surface area (Å²) in [6, 6.07) is 2.49. The summed E-state index contributed by atoms with van der Waals surface area (Å²) in [6.07, 6.45) is 2.73. The fraction of sp³-hybridized carbons (Fsp3) is 0.0909. The lowest BCUT2D eigenvalue weighted by Crippen LogP contribution is -2.34. The maximum absolute atomic E-state index is 11.2. The quantitative estimate of drug-likeness (QED) is 0.248. The van der Waals surface area contributed by atoms with Crippen LogP contribution in [0.1, 0.15) is 10.4 Å². The third-order valence-electron chi connectivity index (χ3n) is 2.32. The maximum atomic E-state index is 11.2. The van der Waals surface area contributed by atoms with Crippen molar-refractivity contribution in [3.05, 3.63) is 30.1 Å². The average molecular weight is 324 g/mol. The van der Waals surface area contributed by atoms with Gasteiger partial charge in [-0.3, -0.25) is 10.0 Å². The number of aromatic carboxylic acids is 1. The van der Waals surface area contributed by atoms with E-state index in [-0.39, 0.29) is 29.2 Å². The number of carboxylic acid groups (broad SMARTS) is 1. The van der Waals surface area contributed by atoms with Crippen molar-refractivity contribution in [3.63, 3.8) is 0 Å². The van der Waals surface area contributed by atoms with Gasteiger partial charge in [-0.05, 0) is 22.1 Å². The summed E-state index contributed by atoms with van der Waals surface area (Å²) >= 11 is 3.75. The minimum atomic E-state index is -1.13. The van der Waals surface area contributed by atoms with Crippen molar-refractivity contribution in [1.82, 2.24) is 15.0 Å².